The smallest absolute Gasteiger partial charge is 0.136 e. The van der Waals surface area contributed by atoms with Crippen molar-refractivity contribution in [2.45, 2.75) is 0 Å². The van der Waals surface area contributed by atoms with E-state index in [2.05, 4.69) is 91.0 Å². The Bertz CT molecular complexity index is 2030. The molecule has 2 aromatic heterocycles. The summed E-state index contributed by atoms with van der Waals surface area (Å²) < 4.78 is 12.4. The first-order valence-electron chi connectivity index (χ1n) is 12.2. The number of hydrogen-bond donors (Lipinski definition) is 0. The Morgan fingerprint density at radius 3 is 1.64 bits per heavy atom. The van der Waals surface area contributed by atoms with Crippen molar-refractivity contribution in [3.8, 4) is 22.3 Å². The third-order valence-corrected chi connectivity index (χ3v) is 7.34. The second-order valence-electron chi connectivity index (χ2n) is 9.27. The molecule has 0 saturated heterocycles. The summed E-state index contributed by atoms with van der Waals surface area (Å²) in [5.41, 5.74) is 7.40. The van der Waals surface area contributed by atoms with Crippen LogP contribution in [0.25, 0.3) is 76.7 Å². The molecule has 0 aliphatic carbocycles. The van der Waals surface area contributed by atoms with Crippen LogP contribution < -0.4 is 0 Å². The van der Waals surface area contributed by atoms with Gasteiger partial charge in [0.15, 0.2) is 0 Å². The van der Waals surface area contributed by atoms with Crippen molar-refractivity contribution in [2.24, 2.45) is 0 Å². The Balaban J connectivity index is 1.59. The summed E-state index contributed by atoms with van der Waals surface area (Å²) in [7, 11) is 0. The van der Waals surface area contributed by atoms with Crippen LogP contribution in [-0.2, 0) is 0 Å². The molecule has 168 valence electrons. The first kappa shape index (κ1) is 19.5. The van der Waals surface area contributed by atoms with Gasteiger partial charge in [0.2, 0.25) is 0 Å². The fourth-order valence-corrected chi connectivity index (χ4v) is 5.86. The van der Waals surface area contributed by atoms with Crippen LogP contribution in [0, 0.1) is 0 Å². The van der Waals surface area contributed by atoms with Crippen LogP contribution in [0.4, 0.5) is 0 Å². The highest BCUT2D eigenvalue weighted by Gasteiger charge is 2.22. The summed E-state index contributed by atoms with van der Waals surface area (Å²) in [5, 5.41) is 8.19. The summed E-state index contributed by atoms with van der Waals surface area (Å²) in [6, 6.07) is 40.4. The number of fused-ring (bicyclic) bond motifs is 7. The highest BCUT2D eigenvalue weighted by molar-refractivity contribution is 6.28. The number of furan rings is 2. The largest absolute Gasteiger partial charge is 0.464 e. The minimum Gasteiger partial charge on any atom is -0.464 e. The fourth-order valence-electron chi connectivity index (χ4n) is 5.86. The molecular formula is C34H20O2. The van der Waals surface area contributed by atoms with E-state index in [9.17, 15) is 0 Å². The van der Waals surface area contributed by atoms with Gasteiger partial charge in [-0.2, -0.15) is 0 Å². The molecule has 0 atom stereocenters. The van der Waals surface area contributed by atoms with E-state index >= 15 is 0 Å². The van der Waals surface area contributed by atoms with Gasteiger partial charge in [-0.3, -0.25) is 0 Å². The predicted molar refractivity (Wildman–Crippen MR) is 149 cm³/mol. The van der Waals surface area contributed by atoms with Gasteiger partial charge in [0.25, 0.3) is 0 Å². The summed E-state index contributed by atoms with van der Waals surface area (Å²) in [4.78, 5) is 0. The molecule has 8 aromatic rings. The molecule has 0 spiro atoms. The van der Waals surface area contributed by atoms with Crippen LogP contribution in [0.5, 0.6) is 0 Å². The lowest BCUT2D eigenvalue weighted by molar-refractivity contribution is 0.616. The Kier molecular flexibility index (Phi) is 3.97. The van der Waals surface area contributed by atoms with Crippen LogP contribution in [0.3, 0.4) is 0 Å². The molecule has 6 aromatic carbocycles. The van der Waals surface area contributed by atoms with E-state index in [0.29, 0.717) is 0 Å². The highest BCUT2D eigenvalue weighted by atomic mass is 16.3. The van der Waals surface area contributed by atoms with Crippen LogP contribution in [0.2, 0.25) is 0 Å². The van der Waals surface area contributed by atoms with Crippen LogP contribution in [-0.4, -0.2) is 0 Å². The molecule has 0 unspecified atom stereocenters. The lowest BCUT2D eigenvalue weighted by Crippen LogP contribution is -1.90. The first-order valence-corrected chi connectivity index (χ1v) is 12.2. The van der Waals surface area contributed by atoms with Gasteiger partial charge < -0.3 is 8.83 Å². The van der Waals surface area contributed by atoms with Crippen molar-refractivity contribution < 1.29 is 8.83 Å². The van der Waals surface area contributed by atoms with Crippen LogP contribution in [0.1, 0.15) is 0 Å². The van der Waals surface area contributed by atoms with Gasteiger partial charge in [0.1, 0.15) is 16.7 Å². The van der Waals surface area contributed by atoms with Crippen molar-refractivity contribution in [3.05, 3.63) is 122 Å². The zero-order valence-electron chi connectivity index (χ0n) is 19.4. The fraction of sp³-hybridized carbons (Fsp3) is 0. The van der Waals surface area contributed by atoms with Gasteiger partial charge in [0, 0.05) is 27.3 Å². The molecule has 36 heavy (non-hydrogen) atoms. The molecule has 0 aliphatic rings. The van der Waals surface area contributed by atoms with Crippen molar-refractivity contribution in [2.75, 3.05) is 0 Å². The first-order chi connectivity index (χ1) is 17.9. The van der Waals surface area contributed by atoms with Gasteiger partial charge in [-0.1, -0.05) is 97.1 Å². The third-order valence-electron chi connectivity index (χ3n) is 7.34. The van der Waals surface area contributed by atoms with Crippen LogP contribution >= 0.6 is 0 Å². The van der Waals surface area contributed by atoms with Gasteiger partial charge in [0.05, 0.1) is 6.26 Å². The third kappa shape index (κ3) is 2.61. The average molecular weight is 461 g/mol. The quantitative estimate of drug-likeness (QED) is 0.240. The molecule has 2 heterocycles. The zero-order valence-corrected chi connectivity index (χ0v) is 19.4. The lowest BCUT2D eigenvalue weighted by Gasteiger charge is -2.17. The summed E-state index contributed by atoms with van der Waals surface area (Å²) >= 11 is 0. The average Bonchev–Trinajstić information content (AvgIpc) is 3.53. The molecule has 2 nitrogen and oxygen atoms in total. The van der Waals surface area contributed by atoms with E-state index < -0.39 is 0 Å². The van der Waals surface area contributed by atoms with Gasteiger partial charge in [-0.25, -0.2) is 0 Å². The number of benzene rings is 6. The Morgan fingerprint density at radius 1 is 0.389 bits per heavy atom. The molecule has 0 bridgehead atoms. The van der Waals surface area contributed by atoms with E-state index in [-0.39, 0.29) is 0 Å². The molecule has 0 aliphatic heterocycles. The maximum Gasteiger partial charge on any atom is 0.136 e. The van der Waals surface area contributed by atoms with E-state index in [1.165, 1.54) is 38.2 Å². The topological polar surface area (TPSA) is 26.3 Å². The molecule has 0 N–H and O–H groups in total. The number of hydrogen-bond acceptors (Lipinski definition) is 2. The molecular weight excluding hydrogens is 440 g/mol. The predicted octanol–water partition coefficient (Wildman–Crippen LogP) is 9.97. The molecule has 0 fully saturated rings. The molecule has 2 heteroatoms. The Morgan fingerprint density at radius 2 is 0.944 bits per heavy atom. The Labute approximate surface area is 207 Å². The summed E-state index contributed by atoms with van der Waals surface area (Å²) in [6.07, 6.45) is 1.92. The van der Waals surface area contributed by atoms with Crippen LogP contribution in [0.15, 0.2) is 130 Å². The minimum absolute atomic E-state index is 0.865. The molecule has 0 saturated carbocycles. The molecule has 8 rings (SSSR count). The number of rotatable bonds is 2. The van der Waals surface area contributed by atoms with Crippen molar-refractivity contribution in [1.82, 2.24) is 0 Å². The SMILES string of the molecule is c1ccc(-c2c3ccccc3c(-c3coc4ccc5oc6ccccc6c5c34)c3ccccc23)cc1. The maximum atomic E-state index is 6.23. The lowest BCUT2D eigenvalue weighted by atomic mass is 9.85. The summed E-state index contributed by atoms with van der Waals surface area (Å²) in [5.74, 6) is 0. The minimum atomic E-state index is 0.865. The zero-order chi connectivity index (χ0) is 23.6. The Hall–Kier alpha value is -4.82. The van der Waals surface area contributed by atoms with Crippen molar-refractivity contribution in [1.29, 1.82) is 0 Å². The molecule has 0 amide bonds. The second-order valence-corrected chi connectivity index (χ2v) is 9.27. The van der Waals surface area contributed by atoms with Gasteiger partial charge in [-0.05, 0) is 50.9 Å². The summed E-state index contributed by atoms with van der Waals surface area (Å²) in [6.45, 7) is 0. The molecule has 0 radical (unpaired) electrons. The van der Waals surface area contributed by atoms with Crippen molar-refractivity contribution in [3.63, 3.8) is 0 Å². The van der Waals surface area contributed by atoms with E-state index in [1.807, 2.05) is 30.5 Å². The van der Waals surface area contributed by atoms with E-state index in [0.717, 1.165) is 38.5 Å². The maximum absolute atomic E-state index is 6.23. The van der Waals surface area contributed by atoms with E-state index in [1.54, 1.807) is 0 Å². The van der Waals surface area contributed by atoms with Crippen molar-refractivity contribution >= 4 is 54.5 Å². The highest BCUT2D eigenvalue weighted by Crippen LogP contribution is 2.47. The van der Waals surface area contributed by atoms with Gasteiger partial charge >= 0.3 is 0 Å². The monoisotopic (exact) mass is 460 g/mol. The second kappa shape index (κ2) is 7.34. The standard InChI is InChI=1S/C34H20O2/c1-2-10-21(11-3-1)31-22-12-4-6-14-24(22)32(25-15-7-5-13-23(25)31)27-20-35-29-18-19-30-33(34(27)29)26-16-8-9-17-28(26)36-30/h1-20H. The normalized spacial score (nSPS) is 11.9. The van der Waals surface area contributed by atoms with Gasteiger partial charge in [-0.15, -0.1) is 0 Å². The number of para-hydroxylation sites is 1. The van der Waals surface area contributed by atoms with E-state index in [4.69, 9.17) is 8.83 Å².